The highest BCUT2D eigenvalue weighted by atomic mass is 19.4. The van der Waals surface area contributed by atoms with Crippen LogP contribution in [0.3, 0.4) is 0 Å². The van der Waals surface area contributed by atoms with E-state index < -0.39 is 35.0 Å². The molecule has 0 aliphatic rings. The number of hydrogen-bond donors (Lipinski definition) is 1. The molecule has 2 aromatic rings. The molecule has 23 heavy (non-hydrogen) atoms. The number of carbonyl (C=O) groups is 1. The topological polar surface area (TPSA) is 42.0 Å². The van der Waals surface area contributed by atoms with Crippen molar-refractivity contribution in [1.29, 1.82) is 0 Å². The van der Waals surface area contributed by atoms with E-state index in [1.807, 2.05) is 0 Å². The second-order valence-corrected chi connectivity index (χ2v) is 4.60. The van der Waals surface area contributed by atoms with Crippen LogP contribution < -0.4 is 5.32 Å². The van der Waals surface area contributed by atoms with Gasteiger partial charge in [-0.3, -0.25) is 9.78 Å². The van der Waals surface area contributed by atoms with E-state index in [0.29, 0.717) is 0 Å². The molecule has 0 saturated carbocycles. The molecule has 0 radical (unpaired) electrons. The quantitative estimate of drug-likeness (QED) is 0.874. The lowest BCUT2D eigenvalue weighted by Crippen LogP contribution is -2.29. The molecule has 1 N–H and O–H groups in total. The Morgan fingerprint density at radius 1 is 1.09 bits per heavy atom. The van der Waals surface area contributed by atoms with E-state index in [9.17, 15) is 26.7 Å². The van der Waals surface area contributed by atoms with Crippen LogP contribution in [0.5, 0.6) is 0 Å². The maximum absolute atomic E-state index is 13.4. The van der Waals surface area contributed by atoms with Crippen LogP contribution in [-0.4, -0.2) is 17.4 Å². The van der Waals surface area contributed by atoms with Crippen molar-refractivity contribution in [3.8, 4) is 0 Å². The molecular weight excluding hydrogens is 319 g/mol. The number of amides is 1. The highest BCUT2D eigenvalue weighted by Gasteiger charge is 2.36. The van der Waals surface area contributed by atoms with E-state index in [4.69, 9.17) is 0 Å². The Morgan fingerprint density at radius 3 is 2.35 bits per heavy atom. The zero-order chi connectivity index (χ0) is 17.0. The van der Waals surface area contributed by atoms with Crippen molar-refractivity contribution < 1.29 is 26.7 Å². The lowest BCUT2D eigenvalue weighted by atomic mass is 10.1. The Labute approximate surface area is 128 Å². The zero-order valence-electron chi connectivity index (χ0n) is 11.6. The lowest BCUT2D eigenvalue weighted by molar-refractivity contribution is -0.141. The van der Waals surface area contributed by atoms with Crippen LogP contribution in [-0.2, 0) is 12.6 Å². The largest absolute Gasteiger partial charge is 0.434 e. The number of benzene rings is 1. The van der Waals surface area contributed by atoms with Gasteiger partial charge in [0.2, 0.25) is 0 Å². The van der Waals surface area contributed by atoms with Gasteiger partial charge in [-0.25, -0.2) is 8.78 Å². The first-order chi connectivity index (χ1) is 10.8. The van der Waals surface area contributed by atoms with Gasteiger partial charge in [-0.2, -0.15) is 13.2 Å². The molecule has 1 amide bonds. The predicted octanol–water partition coefficient (Wildman–Crippen LogP) is 3.35. The molecule has 2 rings (SSSR count). The first kappa shape index (κ1) is 16.9. The molecule has 122 valence electrons. The van der Waals surface area contributed by atoms with Crippen molar-refractivity contribution >= 4 is 5.91 Å². The summed E-state index contributed by atoms with van der Waals surface area (Å²) in [7, 11) is 0. The molecule has 0 saturated heterocycles. The van der Waals surface area contributed by atoms with Crippen molar-refractivity contribution in [3.05, 3.63) is 65.0 Å². The van der Waals surface area contributed by atoms with Gasteiger partial charge >= 0.3 is 6.18 Å². The van der Waals surface area contributed by atoms with Gasteiger partial charge in [-0.05, 0) is 30.7 Å². The van der Waals surface area contributed by atoms with Crippen molar-refractivity contribution in [3.63, 3.8) is 0 Å². The molecule has 3 nitrogen and oxygen atoms in total. The average Bonchev–Trinajstić information content (AvgIpc) is 2.49. The number of nitrogens with zero attached hydrogens (tertiary/aromatic N) is 1. The number of hydrogen-bond acceptors (Lipinski definition) is 2. The zero-order valence-corrected chi connectivity index (χ0v) is 11.6. The minimum absolute atomic E-state index is 0.189. The maximum Gasteiger partial charge on any atom is 0.434 e. The predicted molar refractivity (Wildman–Crippen MR) is 71.6 cm³/mol. The highest BCUT2D eigenvalue weighted by Crippen LogP contribution is 2.29. The Bertz CT molecular complexity index is 695. The summed E-state index contributed by atoms with van der Waals surface area (Å²) in [4.78, 5) is 15.0. The number of rotatable bonds is 4. The van der Waals surface area contributed by atoms with E-state index in [2.05, 4.69) is 10.3 Å². The molecule has 0 bridgehead atoms. The van der Waals surface area contributed by atoms with E-state index in [1.165, 1.54) is 12.1 Å². The summed E-state index contributed by atoms with van der Waals surface area (Å²) < 4.78 is 65.1. The molecule has 0 unspecified atom stereocenters. The molecule has 0 aliphatic carbocycles. The average molecular weight is 330 g/mol. The fourth-order valence-electron chi connectivity index (χ4n) is 1.98. The number of aromatic nitrogens is 1. The van der Waals surface area contributed by atoms with E-state index in [1.54, 1.807) is 0 Å². The molecule has 0 aliphatic heterocycles. The standard InChI is InChI=1S/C15H11F5N2O/c16-11-4-1-5-12(17)9(11)6-8-22-14(23)10-3-2-7-21-13(10)15(18,19)20/h1-5,7H,6,8H2,(H,22,23). The fraction of sp³-hybridized carbons (Fsp3) is 0.200. The van der Waals surface area contributed by atoms with E-state index in [-0.39, 0.29) is 18.5 Å². The van der Waals surface area contributed by atoms with Crippen molar-refractivity contribution in [2.45, 2.75) is 12.6 Å². The molecule has 1 aromatic heterocycles. The number of pyridine rings is 1. The molecule has 0 atom stereocenters. The van der Waals surface area contributed by atoms with Gasteiger partial charge in [0.25, 0.3) is 5.91 Å². The third-order valence-corrected chi connectivity index (χ3v) is 3.04. The van der Waals surface area contributed by atoms with Gasteiger partial charge in [0, 0.05) is 18.3 Å². The van der Waals surface area contributed by atoms with Crippen LogP contribution >= 0.6 is 0 Å². The number of carbonyl (C=O) groups excluding carboxylic acids is 1. The lowest BCUT2D eigenvalue weighted by Gasteiger charge is -2.11. The van der Waals surface area contributed by atoms with Gasteiger partial charge in [-0.1, -0.05) is 6.07 Å². The van der Waals surface area contributed by atoms with Gasteiger partial charge in [0.05, 0.1) is 5.56 Å². The summed E-state index contributed by atoms with van der Waals surface area (Å²) >= 11 is 0. The third-order valence-electron chi connectivity index (χ3n) is 3.04. The Morgan fingerprint density at radius 2 is 1.74 bits per heavy atom. The molecule has 1 aromatic carbocycles. The SMILES string of the molecule is O=C(NCCc1c(F)cccc1F)c1cccnc1C(F)(F)F. The summed E-state index contributed by atoms with van der Waals surface area (Å²) in [6.07, 6.45) is -4.04. The molecular formula is C15H11F5N2O. The Kier molecular flexibility index (Phi) is 4.92. The van der Waals surface area contributed by atoms with Crippen LogP contribution in [0.25, 0.3) is 0 Å². The van der Waals surface area contributed by atoms with Gasteiger partial charge in [0.15, 0.2) is 5.69 Å². The summed E-state index contributed by atoms with van der Waals surface area (Å²) in [6.45, 7) is -0.219. The van der Waals surface area contributed by atoms with Crippen LogP contribution in [0.2, 0.25) is 0 Å². The summed E-state index contributed by atoms with van der Waals surface area (Å²) in [5.74, 6) is -2.57. The molecule has 1 heterocycles. The van der Waals surface area contributed by atoms with E-state index in [0.717, 1.165) is 24.4 Å². The van der Waals surface area contributed by atoms with Crippen molar-refractivity contribution in [2.75, 3.05) is 6.54 Å². The summed E-state index contributed by atoms with van der Waals surface area (Å²) in [6, 6.07) is 5.49. The normalized spacial score (nSPS) is 11.3. The van der Waals surface area contributed by atoms with Crippen LogP contribution in [0.15, 0.2) is 36.5 Å². The molecule has 8 heteroatoms. The minimum atomic E-state index is -4.77. The summed E-state index contributed by atoms with van der Waals surface area (Å²) in [5.41, 5.74) is -2.20. The number of nitrogens with one attached hydrogen (secondary N) is 1. The first-order valence-corrected chi connectivity index (χ1v) is 6.54. The second-order valence-electron chi connectivity index (χ2n) is 4.60. The van der Waals surface area contributed by atoms with Crippen LogP contribution in [0, 0.1) is 11.6 Å². The maximum atomic E-state index is 13.4. The Hall–Kier alpha value is -2.51. The van der Waals surface area contributed by atoms with Crippen LogP contribution in [0.4, 0.5) is 22.0 Å². The van der Waals surface area contributed by atoms with Gasteiger partial charge in [-0.15, -0.1) is 0 Å². The van der Waals surface area contributed by atoms with Gasteiger partial charge < -0.3 is 5.32 Å². The first-order valence-electron chi connectivity index (χ1n) is 6.54. The number of alkyl halides is 3. The van der Waals surface area contributed by atoms with Gasteiger partial charge in [0.1, 0.15) is 11.6 Å². The van der Waals surface area contributed by atoms with E-state index >= 15 is 0 Å². The third kappa shape index (κ3) is 4.02. The molecule has 0 fully saturated rings. The summed E-state index contributed by atoms with van der Waals surface area (Å²) in [5, 5.41) is 2.20. The fourth-order valence-corrected chi connectivity index (χ4v) is 1.98. The minimum Gasteiger partial charge on any atom is -0.352 e. The van der Waals surface area contributed by atoms with Crippen LogP contribution in [0.1, 0.15) is 21.6 Å². The van der Waals surface area contributed by atoms with Crippen molar-refractivity contribution in [1.82, 2.24) is 10.3 Å². The smallest absolute Gasteiger partial charge is 0.352 e. The monoisotopic (exact) mass is 330 g/mol. The number of halogens is 5. The highest BCUT2D eigenvalue weighted by molar-refractivity contribution is 5.95. The second kappa shape index (κ2) is 6.72. The Balaban J connectivity index is 2.07. The molecule has 0 spiro atoms. The van der Waals surface area contributed by atoms with Crippen molar-refractivity contribution in [2.24, 2.45) is 0 Å².